The number of hydrogen-bond acceptors (Lipinski definition) is 6. The van der Waals surface area contributed by atoms with Crippen LogP contribution in [0.3, 0.4) is 0 Å². The second kappa shape index (κ2) is 17.4. The lowest BCUT2D eigenvalue weighted by Crippen LogP contribution is -2.52. The van der Waals surface area contributed by atoms with Crippen molar-refractivity contribution in [3.63, 3.8) is 0 Å². The minimum atomic E-state index is -0.848. The number of benzene rings is 4. The predicted octanol–water partition coefficient (Wildman–Crippen LogP) is 12.6. The first-order valence-electron chi connectivity index (χ1n) is 22.0. The Balaban J connectivity index is 1.84. The zero-order valence-electron chi connectivity index (χ0n) is 36.1. The molecule has 0 saturated carbocycles. The molecular weight excluding hydrogens is 697 g/mol. The lowest BCUT2D eigenvalue weighted by molar-refractivity contribution is -0.431. The van der Waals surface area contributed by atoms with Crippen molar-refractivity contribution in [1.82, 2.24) is 0 Å². The molecule has 2 atom stereocenters. The SMILES string of the molecule is CCCc1c(CCC)c(CCC)c2cc3c(cc2c1CCC)C1(CCC)OOC3(CCC)c2cc3c(CCC)c(C(=O)OC)c(C(=O)OC)c(CCC)c3cc21. The molecule has 0 amide bonds. The van der Waals surface area contributed by atoms with Gasteiger partial charge in [-0.05, 0) is 153 Å². The molecule has 6 nitrogen and oxygen atoms in total. The number of fused-ring (bicyclic) bond motifs is 3. The average Bonchev–Trinajstić information content (AvgIpc) is 3.20. The smallest absolute Gasteiger partial charge is 0.339 e. The van der Waals surface area contributed by atoms with Gasteiger partial charge in [0.1, 0.15) is 0 Å². The van der Waals surface area contributed by atoms with Crippen LogP contribution in [0.4, 0.5) is 0 Å². The molecule has 7 rings (SSSR count). The Hall–Kier alpha value is -3.74. The topological polar surface area (TPSA) is 71.1 Å². The van der Waals surface area contributed by atoms with Crippen LogP contribution in [-0.2, 0) is 69.0 Å². The second-order valence-corrected chi connectivity index (χ2v) is 16.3. The van der Waals surface area contributed by atoms with Crippen LogP contribution >= 0.6 is 0 Å². The number of carbonyl (C=O) groups is 2. The van der Waals surface area contributed by atoms with Crippen LogP contribution < -0.4 is 0 Å². The van der Waals surface area contributed by atoms with E-state index < -0.39 is 23.1 Å². The van der Waals surface area contributed by atoms with E-state index >= 15 is 0 Å². The summed E-state index contributed by atoms with van der Waals surface area (Å²) in [6, 6.07) is 9.66. The quantitative estimate of drug-likeness (QED) is 0.0742. The summed E-state index contributed by atoms with van der Waals surface area (Å²) in [5.74, 6) is -1.02. The number of methoxy groups -OCH3 is 2. The number of hydrogen-bond donors (Lipinski definition) is 0. The fourth-order valence-electron chi connectivity index (χ4n) is 10.6. The van der Waals surface area contributed by atoms with Gasteiger partial charge in [-0.2, -0.15) is 0 Å². The van der Waals surface area contributed by atoms with Crippen LogP contribution in [0.2, 0.25) is 0 Å². The fraction of sp³-hybridized carbons (Fsp3) is 0.560. The van der Waals surface area contributed by atoms with Crippen molar-refractivity contribution < 1.29 is 28.8 Å². The van der Waals surface area contributed by atoms with Crippen LogP contribution in [0.1, 0.15) is 196 Å². The van der Waals surface area contributed by atoms with E-state index in [1.807, 2.05) is 0 Å². The van der Waals surface area contributed by atoms with E-state index in [-0.39, 0.29) is 0 Å². The molecule has 2 bridgehead atoms. The van der Waals surface area contributed by atoms with Gasteiger partial charge in [-0.15, -0.1) is 0 Å². The summed E-state index contributed by atoms with van der Waals surface area (Å²) < 4.78 is 10.8. The first-order chi connectivity index (χ1) is 27.2. The van der Waals surface area contributed by atoms with Gasteiger partial charge in [0.25, 0.3) is 0 Å². The van der Waals surface area contributed by atoms with Gasteiger partial charge >= 0.3 is 11.9 Å². The van der Waals surface area contributed by atoms with E-state index in [1.54, 1.807) is 11.1 Å². The molecule has 56 heavy (non-hydrogen) atoms. The van der Waals surface area contributed by atoms with Gasteiger partial charge in [0.2, 0.25) is 0 Å². The molecule has 0 fully saturated rings. The lowest BCUT2D eigenvalue weighted by Gasteiger charge is -2.54. The predicted molar refractivity (Wildman–Crippen MR) is 228 cm³/mol. The molecule has 0 radical (unpaired) electrons. The summed E-state index contributed by atoms with van der Waals surface area (Å²) in [6.07, 6.45) is 14.8. The third kappa shape index (κ3) is 6.47. The van der Waals surface area contributed by atoms with Crippen molar-refractivity contribution in [2.45, 2.75) is 169 Å². The molecule has 2 unspecified atom stereocenters. The third-order valence-corrected chi connectivity index (χ3v) is 12.6. The van der Waals surface area contributed by atoms with Crippen LogP contribution in [0.25, 0.3) is 21.5 Å². The van der Waals surface area contributed by atoms with Crippen molar-refractivity contribution >= 4 is 33.5 Å². The van der Waals surface area contributed by atoms with Crippen molar-refractivity contribution in [2.24, 2.45) is 0 Å². The first kappa shape index (κ1) is 41.9. The highest BCUT2D eigenvalue weighted by atomic mass is 17.2. The van der Waals surface area contributed by atoms with Crippen molar-refractivity contribution in [2.75, 3.05) is 14.2 Å². The maximum atomic E-state index is 13.8. The van der Waals surface area contributed by atoms with Crippen molar-refractivity contribution in [3.05, 3.63) is 91.0 Å². The van der Waals surface area contributed by atoms with E-state index in [2.05, 4.69) is 79.7 Å². The largest absolute Gasteiger partial charge is 0.465 e. The number of esters is 2. The van der Waals surface area contributed by atoms with E-state index in [4.69, 9.17) is 19.2 Å². The molecule has 0 saturated heterocycles. The maximum absolute atomic E-state index is 13.8. The lowest BCUT2D eigenvalue weighted by atomic mass is 9.62. The number of rotatable bonds is 18. The fourth-order valence-corrected chi connectivity index (χ4v) is 10.6. The number of ether oxygens (including phenoxy) is 2. The summed E-state index contributed by atoms with van der Waals surface area (Å²) in [4.78, 5) is 41.4. The van der Waals surface area contributed by atoms with Gasteiger partial charge in [-0.25, -0.2) is 19.4 Å². The Bertz CT molecular complexity index is 1980. The molecule has 2 heterocycles. The molecule has 4 aromatic rings. The Kier molecular flexibility index (Phi) is 13.0. The summed E-state index contributed by atoms with van der Waals surface area (Å²) in [7, 11) is 2.78. The Morgan fingerprint density at radius 1 is 0.429 bits per heavy atom. The molecule has 4 aromatic carbocycles. The zero-order valence-corrected chi connectivity index (χ0v) is 36.1. The van der Waals surface area contributed by atoms with Crippen molar-refractivity contribution in [1.29, 1.82) is 0 Å². The van der Waals surface area contributed by atoms with Crippen LogP contribution in [0.5, 0.6) is 0 Å². The van der Waals surface area contributed by atoms with E-state index in [0.717, 1.165) is 123 Å². The summed E-state index contributed by atoms with van der Waals surface area (Å²) >= 11 is 0. The molecule has 2 aliphatic heterocycles. The molecule has 302 valence electrons. The standard InChI is InChI=1S/C50H66O6/c1-11-19-31-32(20-12-2)34(22-14-4)38-28-42-41(27-37(38)33(31)21-13-3)49(25-17-7)43-29-39-35(23-15-5)45(47(51)53-9)46(48(52)54-10)36(24-16-6)40(39)30-44(43)50(42,26-18-8)56-55-49/h27-30H,11-26H2,1-10H3. The van der Waals surface area contributed by atoms with E-state index in [9.17, 15) is 9.59 Å². The van der Waals surface area contributed by atoms with Crippen LogP contribution in [0, 0.1) is 0 Å². The third-order valence-electron chi connectivity index (χ3n) is 12.6. The highest BCUT2D eigenvalue weighted by Crippen LogP contribution is 2.61. The number of aryl methyl sites for hydroxylation is 4. The van der Waals surface area contributed by atoms with E-state index in [0.29, 0.717) is 24.0 Å². The van der Waals surface area contributed by atoms with Gasteiger partial charge in [-0.3, -0.25) is 0 Å². The van der Waals surface area contributed by atoms with Gasteiger partial charge in [0, 0.05) is 0 Å². The molecule has 0 aromatic heterocycles. The molecule has 0 N–H and O–H groups in total. The van der Waals surface area contributed by atoms with Crippen LogP contribution in [-0.4, -0.2) is 26.2 Å². The molecule has 3 aliphatic rings. The van der Waals surface area contributed by atoms with Crippen LogP contribution in [0.15, 0.2) is 24.3 Å². The second-order valence-electron chi connectivity index (χ2n) is 16.3. The molecule has 6 heteroatoms. The molecular formula is C50H66O6. The van der Waals surface area contributed by atoms with Gasteiger partial charge in [0.05, 0.1) is 25.3 Å². The summed E-state index contributed by atoms with van der Waals surface area (Å²) in [6.45, 7) is 17.9. The Morgan fingerprint density at radius 2 is 0.696 bits per heavy atom. The zero-order chi connectivity index (χ0) is 40.4. The highest BCUT2D eigenvalue weighted by Gasteiger charge is 2.59. The molecule has 1 aliphatic carbocycles. The molecule has 0 spiro atoms. The van der Waals surface area contributed by atoms with Gasteiger partial charge in [-0.1, -0.05) is 107 Å². The first-order valence-corrected chi connectivity index (χ1v) is 22.0. The monoisotopic (exact) mass is 762 g/mol. The summed E-state index contributed by atoms with van der Waals surface area (Å²) in [5, 5.41) is 4.72. The maximum Gasteiger partial charge on any atom is 0.339 e. The average molecular weight is 763 g/mol. The number of carbonyl (C=O) groups excluding carboxylic acids is 2. The van der Waals surface area contributed by atoms with E-state index in [1.165, 1.54) is 47.2 Å². The minimum Gasteiger partial charge on any atom is -0.465 e. The minimum absolute atomic E-state index is 0.327. The van der Waals surface area contributed by atoms with Gasteiger partial charge in [0.15, 0.2) is 11.2 Å². The Morgan fingerprint density at radius 3 is 0.964 bits per heavy atom. The van der Waals surface area contributed by atoms with Gasteiger partial charge < -0.3 is 9.47 Å². The Labute approximate surface area is 335 Å². The summed E-state index contributed by atoms with van der Waals surface area (Å²) in [5.41, 5.74) is 11.5. The highest BCUT2D eigenvalue weighted by molar-refractivity contribution is 6.12. The van der Waals surface area contributed by atoms with Crippen molar-refractivity contribution in [3.8, 4) is 0 Å². The normalized spacial score (nSPS) is 18.4.